The summed E-state index contributed by atoms with van der Waals surface area (Å²) in [6.07, 6.45) is 4.32. The number of halogens is 2. The SMILES string of the molecule is CCC(CC1CC1)Nc1cc(F)c(Br)cc1[N+](=O)[O-]. The van der Waals surface area contributed by atoms with Crippen molar-refractivity contribution >= 4 is 27.3 Å². The van der Waals surface area contributed by atoms with Crippen LogP contribution in [0.25, 0.3) is 0 Å². The summed E-state index contributed by atoms with van der Waals surface area (Å²) in [5, 5.41) is 14.1. The molecule has 1 fully saturated rings. The highest BCUT2D eigenvalue weighted by Crippen LogP contribution is 2.36. The fourth-order valence-corrected chi connectivity index (χ4v) is 2.44. The number of benzene rings is 1. The summed E-state index contributed by atoms with van der Waals surface area (Å²) in [5.74, 6) is 0.228. The van der Waals surface area contributed by atoms with Gasteiger partial charge in [0.15, 0.2) is 0 Å². The van der Waals surface area contributed by atoms with Gasteiger partial charge >= 0.3 is 0 Å². The first kappa shape index (κ1) is 14.2. The van der Waals surface area contributed by atoms with E-state index in [1.54, 1.807) is 0 Å². The molecule has 1 aliphatic rings. The van der Waals surface area contributed by atoms with Gasteiger partial charge in [-0.15, -0.1) is 0 Å². The molecule has 0 aromatic heterocycles. The van der Waals surface area contributed by atoms with Crippen molar-refractivity contribution in [2.24, 2.45) is 5.92 Å². The van der Waals surface area contributed by atoms with Crippen molar-refractivity contribution in [3.8, 4) is 0 Å². The molecule has 1 aliphatic carbocycles. The van der Waals surface area contributed by atoms with Crippen molar-refractivity contribution in [3.05, 3.63) is 32.5 Å². The Balaban J connectivity index is 2.21. The topological polar surface area (TPSA) is 55.2 Å². The van der Waals surface area contributed by atoms with Gasteiger partial charge in [0.2, 0.25) is 0 Å². The van der Waals surface area contributed by atoms with Gasteiger partial charge < -0.3 is 5.32 Å². The van der Waals surface area contributed by atoms with E-state index in [1.165, 1.54) is 25.0 Å². The van der Waals surface area contributed by atoms with E-state index in [1.807, 2.05) is 6.92 Å². The Kier molecular flexibility index (Phi) is 4.39. The average molecular weight is 331 g/mol. The second kappa shape index (κ2) is 5.86. The Morgan fingerprint density at radius 2 is 2.26 bits per heavy atom. The molecule has 1 aromatic rings. The summed E-state index contributed by atoms with van der Waals surface area (Å²) >= 11 is 2.97. The van der Waals surface area contributed by atoms with Gasteiger partial charge in [-0.2, -0.15) is 0 Å². The average Bonchev–Trinajstić information content (AvgIpc) is 3.16. The molecule has 104 valence electrons. The Morgan fingerprint density at radius 1 is 1.58 bits per heavy atom. The summed E-state index contributed by atoms with van der Waals surface area (Å²) in [7, 11) is 0. The van der Waals surface area contributed by atoms with Crippen molar-refractivity contribution in [3.63, 3.8) is 0 Å². The maximum Gasteiger partial charge on any atom is 0.293 e. The maximum atomic E-state index is 13.5. The number of hydrogen-bond donors (Lipinski definition) is 1. The van der Waals surface area contributed by atoms with Crippen LogP contribution in [-0.2, 0) is 0 Å². The number of nitro groups is 1. The normalized spacial score (nSPS) is 16.2. The number of nitro benzene ring substituents is 1. The molecule has 0 spiro atoms. The number of nitrogens with zero attached hydrogens (tertiary/aromatic N) is 1. The van der Waals surface area contributed by atoms with E-state index in [4.69, 9.17) is 0 Å². The first-order valence-electron chi connectivity index (χ1n) is 6.41. The van der Waals surface area contributed by atoms with E-state index < -0.39 is 10.7 Å². The van der Waals surface area contributed by atoms with E-state index in [-0.39, 0.29) is 21.9 Å². The largest absolute Gasteiger partial charge is 0.377 e. The molecule has 2 rings (SSSR count). The quantitative estimate of drug-likeness (QED) is 0.617. The minimum Gasteiger partial charge on any atom is -0.377 e. The summed E-state index contributed by atoms with van der Waals surface area (Å²) in [4.78, 5) is 10.5. The standard InChI is InChI=1S/C13H16BrFN2O2/c1-2-9(5-8-3-4-8)16-12-7-11(15)10(14)6-13(12)17(18)19/h6-9,16H,2-5H2,1H3. The highest BCUT2D eigenvalue weighted by atomic mass is 79.9. The van der Waals surface area contributed by atoms with E-state index in [0.717, 1.165) is 18.8 Å². The van der Waals surface area contributed by atoms with Crippen molar-refractivity contribution in [1.29, 1.82) is 0 Å². The summed E-state index contributed by atoms with van der Waals surface area (Å²) in [6, 6.07) is 2.56. The molecule has 0 radical (unpaired) electrons. The third-order valence-corrected chi connectivity index (χ3v) is 4.01. The van der Waals surface area contributed by atoms with Gasteiger partial charge in [-0.05, 0) is 34.7 Å². The molecule has 0 aliphatic heterocycles. The predicted octanol–water partition coefficient (Wildman–Crippen LogP) is 4.49. The lowest BCUT2D eigenvalue weighted by atomic mass is 10.1. The zero-order valence-electron chi connectivity index (χ0n) is 10.7. The van der Waals surface area contributed by atoms with Crippen molar-refractivity contribution < 1.29 is 9.31 Å². The van der Waals surface area contributed by atoms with Gasteiger partial charge in [-0.25, -0.2) is 4.39 Å². The monoisotopic (exact) mass is 330 g/mol. The van der Waals surface area contributed by atoms with Crippen LogP contribution in [0.2, 0.25) is 0 Å². The summed E-state index contributed by atoms with van der Waals surface area (Å²) in [5.41, 5.74) is 0.167. The molecule has 6 heteroatoms. The van der Waals surface area contributed by atoms with E-state index in [9.17, 15) is 14.5 Å². The predicted molar refractivity (Wildman–Crippen MR) is 75.8 cm³/mol. The molecule has 0 saturated heterocycles. The van der Waals surface area contributed by atoms with Crippen molar-refractivity contribution in [2.75, 3.05) is 5.32 Å². The van der Waals surface area contributed by atoms with Gasteiger partial charge in [-0.3, -0.25) is 10.1 Å². The van der Waals surface area contributed by atoms with Gasteiger partial charge in [-0.1, -0.05) is 19.8 Å². The zero-order valence-corrected chi connectivity index (χ0v) is 12.2. The Labute approximate surface area is 119 Å². The molecule has 1 aromatic carbocycles. The first-order valence-corrected chi connectivity index (χ1v) is 7.20. The molecule has 1 saturated carbocycles. The highest BCUT2D eigenvalue weighted by molar-refractivity contribution is 9.10. The van der Waals surface area contributed by atoms with Crippen LogP contribution in [-0.4, -0.2) is 11.0 Å². The van der Waals surface area contributed by atoms with Crippen LogP contribution in [0.4, 0.5) is 15.8 Å². The fraction of sp³-hybridized carbons (Fsp3) is 0.538. The summed E-state index contributed by atoms with van der Waals surface area (Å²) < 4.78 is 13.7. The van der Waals surface area contributed by atoms with Gasteiger partial charge in [0, 0.05) is 18.2 Å². The molecule has 1 N–H and O–H groups in total. The molecular weight excluding hydrogens is 315 g/mol. The summed E-state index contributed by atoms with van der Waals surface area (Å²) in [6.45, 7) is 2.03. The molecule has 4 nitrogen and oxygen atoms in total. The Hall–Kier alpha value is -1.17. The molecule has 1 unspecified atom stereocenters. The molecule has 19 heavy (non-hydrogen) atoms. The second-order valence-corrected chi connectivity index (χ2v) is 5.82. The highest BCUT2D eigenvalue weighted by Gasteiger charge is 2.26. The molecular formula is C13H16BrFN2O2. The minimum absolute atomic E-state index is 0.0949. The van der Waals surface area contributed by atoms with Crippen LogP contribution in [0.1, 0.15) is 32.6 Å². The number of hydrogen-bond acceptors (Lipinski definition) is 3. The lowest BCUT2D eigenvalue weighted by molar-refractivity contribution is -0.384. The van der Waals surface area contributed by atoms with Gasteiger partial charge in [0.05, 0.1) is 9.40 Å². The van der Waals surface area contributed by atoms with Crippen LogP contribution in [0.5, 0.6) is 0 Å². The number of nitrogens with one attached hydrogen (secondary N) is 1. The van der Waals surface area contributed by atoms with Crippen molar-refractivity contribution in [2.45, 2.75) is 38.6 Å². The smallest absolute Gasteiger partial charge is 0.293 e. The third kappa shape index (κ3) is 3.65. The lowest BCUT2D eigenvalue weighted by Crippen LogP contribution is -2.20. The lowest BCUT2D eigenvalue weighted by Gasteiger charge is -2.18. The Morgan fingerprint density at radius 3 is 2.79 bits per heavy atom. The number of anilines is 1. The van der Waals surface area contributed by atoms with E-state index in [0.29, 0.717) is 0 Å². The molecule has 1 atom stereocenters. The van der Waals surface area contributed by atoms with Crippen LogP contribution in [0.15, 0.2) is 16.6 Å². The minimum atomic E-state index is -0.491. The van der Waals surface area contributed by atoms with E-state index >= 15 is 0 Å². The maximum absolute atomic E-state index is 13.5. The van der Waals surface area contributed by atoms with E-state index in [2.05, 4.69) is 21.2 Å². The van der Waals surface area contributed by atoms with Gasteiger partial charge in [0.1, 0.15) is 11.5 Å². The fourth-order valence-electron chi connectivity index (χ4n) is 2.11. The molecule has 0 bridgehead atoms. The van der Waals surface area contributed by atoms with Gasteiger partial charge in [0.25, 0.3) is 5.69 Å². The van der Waals surface area contributed by atoms with Crippen LogP contribution >= 0.6 is 15.9 Å². The molecule has 0 amide bonds. The second-order valence-electron chi connectivity index (χ2n) is 4.97. The zero-order chi connectivity index (χ0) is 14.0. The van der Waals surface area contributed by atoms with Crippen LogP contribution < -0.4 is 5.32 Å². The van der Waals surface area contributed by atoms with Crippen molar-refractivity contribution in [1.82, 2.24) is 0 Å². The molecule has 0 heterocycles. The third-order valence-electron chi connectivity index (χ3n) is 3.40. The first-order chi connectivity index (χ1) is 9.01. The van der Waals surface area contributed by atoms with Crippen LogP contribution in [0, 0.1) is 21.8 Å². The Bertz CT molecular complexity index is 492. The van der Waals surface area contributed by atoms with Crippen LogP contribution in [0.3, 0.4) is 0 Å². The number of rotatable bonds is 6.